The van der Waals surface area contributed by atoms with Crippen LogP contribution in [-0.4, -0.2) is 40.0 Å². The van der Waals surface area contributed by atoms with Crippen molar-refractivity contribution in [2.24, 2.45) is 0 Å². The summed E-state index contributed by atoms with van der Waals surface area (Å²) in [6, 6.07) is 12.2. The van der Waals surface area contributed by atoms with Gasteiger partial charge in [0.15, 0.2) is 11.6 Å². The zero-order valence-electron chi connectivity index (χ0n) is 15.8. The fraction of sp³-hybridized carbons (Fsp3) is 0.300. The number of pyridine rings is 1. The highest BCUT2D eigenvalue weighted by Crippen LogP contribution is 2.38. The molecule has 0 aliphatic heterocycles. The molecule has 1 saturated carbocycles. The predicted octanol–water partition coefficient (Wildman–Crippen LogP) is 2.72. The minimum atomic E-state index is 0.508. The first kappa shape index (κ1) is 16.7. The Morgan fingerprint density at radius 3 is 2.50 bits per heavy atom. The highest BCUT2D eigenvalue weighted by atomic mass is 15.5. The van der Waals surface area contributed by atoms with Crippen molar-refractivity contribution < 1.29 is 0 Å². The SMILES string of the molecule is Cc1cc(-n2nc(C3CC3)nc2Cc2ccc(-n3nnnc3C)cc2)ccn1. The first-order chi connectivity index (χ1) is 13.7. The van der Waals surface area contributed by atoms with Gasteiger partial charge >= 0.3 is 0 Å². The Bertz CT molecular complexity index is 1120. The van der Waals surface area contributed by atoms with Crippen LogP contribution in [-0.2, 0) is 6.42 Å². The van der Waals surface area contributed by atoms with E-state index in [0.29, 0.717) is 12.3 Å². The second-order valence-electron chi connectivity index (χ2n) is 7.21. The summed E-state index contributed by atoms with van der Waals surface area (Å²) in [4.78, 5) is 9.15. The number of aromatic nitrogens is 8. The van der Waals surface area contributed by atoms with Crippen molar-refractivity contribution in [3.8, 4) is 11.4 Å². The van der Waals surface area contributed by atoms with Gasteiger partial charge in [-0.1, -0.05) is 12.1 Å². The van der Waals surface area contributed by atoms with Crippen molar-refractivity contribution in [1.82, 2.24) is 40.0 Å². The summed E-state index contributed by atoms with van der Waals surface area (Å²) in [5.74, 6) is 3.16. The average Bonchev–Trinajstić information content (AvgIpc) is 3.33. The zero-order chi connectivity index (χ0) is 19.1. The van der Waals surface area contributed by atoms with Crippen molar-refractivity contribution >= 4 is 0 Å². The Kier molecular flexibility index (Phi) is 3.96. The fourth-order valence-corrected chi connectivity index (χ4v) is 3.27. The molecule has 0 atom stereocenters. The van der Waals surface area contributed by atoms with E-state index in [1.807, 2.05) is 49.0 Å². The second-order valence-corrected chi connectivity index (χ2v) is 7.21. The van der Waals surface area contributed by atoms with Crippen LogP contribution in [0, 0.1) is 13.8 Å². The van der Waals surface area contributed by atoms with Gasteiger partial charge in [-0.2, -0.15) is 9.78 Å². The molecule has 3 aromatic heterocycles. The Hall–Kier alpha value is -3.42. The summed E-state index contributed by atoms with van der Waals surface area (Å²) in [6.45, 7) is 3.87. The van der Waals surface area contributed by atoms with E-state index in [0.717, 1.165) is 40.1 Å². The van der Waals surface area contributed by atoms with E-state index in [2.05, 4.69) is 32.6 Å². The molecule has 0 radical (unpaired) electrons. The van der Waals surface area contributed by atoms with Gasteiger partial charge in [0, 0.05) is 24.2 Å². The lowest BCUT2D eigenvalue weighted by atomic mass is 10.1. The Labute approximate surface area is 162 Å². The van der Waals surface area contributed by atoms with Gasteiger partial charge in [0.1, 0.15) is 5.82 Å². The summed E-state index contributed by atoms with van der Waals surface area (Å²) in [6.07, 6.45) is 4.88. The third-order valence-electron chi connectivity index (χ3n) is 4.93. The molecule has 3 heterocycles. The Morgan fingerprint density at radius 2 is 1.82 bits per heavy atom. The molecule has 0 bridgehead atoms. The Morgan fingerprint density at radius 1 is 1.00 bits per heavy atom. The smallest absolute Gasteiger partial charge is 0.154 e. The maximum atomic E-state index is 4.85. The minimum Gasteiger partial charge on any atom is -0.261 e. The molecule has 0 unspecified atom stereocenters. The van der Waals surface area contributed by atoms with Crippen LogP contribution in [0.15, 0.2) is 42.6 Å². The first-order valence-electron chi connectivity index (χ1n) is 9.40. The van der Waals surface area contributed by atoms with Crippen molar-refractivity contribution in [1.29, 1.82) is 0 Å². The minimum absolute atomic E-state index is 0.508. The predicted molar refractivity (Wildman–Crippen MR) is 103 cm³/mol. The van der Waals surface area contributed by atoms with Crippen LogP contribution in [0.1, 0.15) is 47.5 Å². The summed E-state index contributed by atoms with van der Waals surface area (Å²) in [5.41, 5.74) is 4.07. The van der Waals surface area contributed by atoms with E-state index in [-0.39, 0.29) is 0 Å². The summed E-state index contributed by atoms with van der Waals surface area (Å²) in [5, 5.41) is 16.4. The van der Waals surface area contributed by atoms with Crippen LogP contribution in [0.2, 0.25) is 0 Å². The van der Waals surface area contributed by atoms with Crippen molar-refractivity contribution in [3.63, 3.8) is 0 Å². The van der Waals surface area contributed by atoms with Crippen LogP contribution < -0.4 is 0 Å². The van der Waals surface area contributed by atoms with Crippen LogP contribution >= 0.6 is 0 Å². The number of nitrogens with zero attached hydrogens (tertiary/aromatic N) is 8. The van der Waals surface area contributed by atoms with E-state index in [4.69, 9.17) is 10.1 Å². The Balaban J connectivity index is 1.47. The molecule has 5 rings (SSSR count). The van der Waals surface area contributed by atoms with Crippen molar-refractivity contribution in [3.05, 3.63) is 71.3 Å². The normalized spacial score (nSPS) is 13.8. The molecule has 28 heavy (non-hydrogen) atoms. The van der Waals surface area contributed by atoms with Crippen LogP contribution in [0.5, 0.6) is 0 Å². The van der Waals surface area contributed by atoms with Gasteiger partial charge in [-0.05, 0) is 66.9 Å². The number of tetrazole rings is 1. The monoisotopic (exact) mass is 372 g/mol. The average molecular weight is 372 g/mol. The van der Waals surface area contributed by atoms with E-state index < -0.39 is 0 Å². The summed E-state index contributed by atoms with van der Waals surface area (Å²) >= 11 is 0. The quantitative estimate of drug-likeness (QED) is 0.535. The summed E-state index contributed by atoms with van der Waals surface area (Å²) in [7, 11) is 0. The van der Waals surface area contributed by atoms with E-state index in [1.165, 1.54) is 12.8 Å². The molecule has 0 amide bonds. The molecule has 4 aromatic rings. The lowest BCUT2D eigenvalue weighted by molar-refractivity contribution is 0.777. The van der Waals surface area contributed by atoms with E-state index >= 15 is 0 Å². The molecule has 8 heteroatoms. The molecule has 0 N–H and O–H groups in total. The second kappa shape index (κ2) is 6.63. The van der Waals surface area contributed by atoms with Crippen LogP contribution in [0.25, 0.3) is 11.4 Å². The molecule has 140 valence electrons. The molecule has 1 fully saturated rings. The number of hydrogen-bond acceptors (Lipinski definition) is 6. The molecule has 1 aliphatic rings. The fourth-order valence-electron chi connectivity index (χ4n) is 3.27. The largest absolute Gasteiger partial charge is 0.261 e. The lowest BCUT2D eigenvalue weighted by Crippen LogP contribution is -2.05. The van der Waals surface area contributed by atoms with Gasteiger partial charge in [-0.15, -0.1) is 5.10 Å². The van der Waals surface area contributed by atoms with Crippen LogP contribution in [0.4, 0.5) is 0 Å². The third kappa shape index (κ3) is 3.17. The number of hydrogen-bond donors (Lipinski definition) is 0. The molecule has 1 aromatic carbocycles. The van der Waals surface area contributed by atoms with E-state index in [1.54, 1.807) is 4.68 Å². The van der Waals surface area contributed by atoms with E-state index in [9.17, 15) is 0 Å². The van der Waals surface area contributed by atoms with Gasteiger partial charge in [0.2, 0.25) is 0 Å². The number of rotatable bonds is 5. The molecule has 0 saturated heterocycles. The zero-order valence-corrected chi connectivity index (χ0v) is 15.8. The van der Waals surface area contributed by atoms with Gasteiger partial charge < -0.3 is 0 Å². The number of aryl methyl sites for hydroxylation is 2. The van der Waals surface area contributed by atoms with Crippen molar-refractivity contribution in [2.45, 2.75) is 39.0 Å². The highest BCUT2D eigenvalue weighted by Gasteiger charge is 2.29. The maximum absolute atomic E-state index is 4.85. The summed E-state index contributed by atoms with van der Waals surface area (Å²) < 4.78 is 3.68. The van der Waals surface area contributed by atoms with Gasteiger partial charge in [-0.25, -0.2) is 9.67 Å². The van der Waals surface area contributed by atoms with Crippen molar-refractivity contribution in [2.75, 3.05) is 0 Å². The topological polar surface area (TPSA) is 87.2 Å². The first-order valence-corrected chi connectivity index (χ1v) is 9.40. The number of benzene rings is 1. The molecule has 1 aliphatic carbocycles. The lowest BCUT2D eigenvalue weighted by Gasteiger charge is -2.07. The standard InChI is InChI=1S/C20H20N8/c1-13-11-18(9-10-21-13)28-19(22-20(24-28)16-5-6-16)12-15-3-7-17(8-4-15)27-14(2)23-25-26-27/h3-4,7-11,16H,5-6,12H2,1-2H3. The maximum Gasteiger partial charge on any atom is 0.154 e. The highest BCUT2D eigenvalue weighted by molar-refractivity contribution is 5.37. The molecular formula is C20H20N8. The molecule has 0 spiro atoms. The van der Waals surface area contributed by atoms with Gasteiger partial charge in [0.25, 0.3) is 0 Å². The molecule has 8 nitrogen and oxygen atoms in total. The van der Waals surface area contributed by atoms with Gasteiger partial charge in [0.05, 0.1) is 11.4 Å². The van der Waals surface area contributed by atoms with Gasteiger partial charge in [-0.3, -0.25) is 4.98 Å². The van der Waals surface area contributed by atoms with Crippen LogP contribution in [0.3, 0.4) is 0 Å². The molecular weight excluding hydrogens is 352 g/mol. The third-order valence-corrected chi connectivity index (χ3v) is 4.93.